The molecular formula is C26H30ClN5O2. The molecule has 34 heavy (non-hydrogen) atoms. The zero-order valence-corrected chi connectivity index (χ0v) is 20.2. The second-order valence-corrected chi connectivity index (χ2v) is 9.66. The maximum Gasteiger partial charge on any atom is 0.241 e. The van der Waals surface area contributed by atoms with Crippen molar-refractivity contribution in [1.82, 2.24) is 19.9 Å². The minimum Gasteiger partial charge on any atom is -0.368 e. The van der Waals surface area contributed by atoms with Gasteiger partial charge in [0.05, 0.1) is 6.54 Å². The van der Waals surface area contributed by atoms with E-state index in [9.17, 15) is 4.79 Å². The lowest BCUT2D eigenvalue weighted by Crippen LogP contribution is -2.51. The number of likely N-dealkylation sites (tertiary alicyclic amines) is 1. The van der Waals surface area contributed by atoms with E-state index in [1.54, 1.807) is 0 Å². The molecule has 0 saturated carbocycles. The monoisotopic (exact) mass is 479 g/mol. The zero-order chi connectivity index (χ0) is 23.5. The molecule has 0 atom stereocenters. The van der Waals surface area contributed by atoms with Gasteiger partial charge in [-0.15, -0.1) is 0 Å². The van der Waals surface area contributed by atoms with Crippen LogP contribution in [0.2, 0.25) is 5.02 Å². The zero-order valence-electron chi connectivity index (χ0n) is 19.5. The fourth-order valence-electron chi connectivity index (χ4n) is 4.87. The molecule has 1 amide bonds. The lowest BCUT2D eigenvalue weighted by atomic mass is 9.95. The van der Waals surface area contributed by atoms with Crippen LogP contribution in [0.25, 0.3) is 11.4 Å². The van der Waals surface area contributed by atoms with Gasteiger partial charge in [-0.25, -0.2) is 0 Å². The number of rotatable bonds is 5. The topological polar surface area (TPSA) is 65.7 Å². The molecule has 3 heterocycles. The van der Waals surface area contributed by atoms with E-state index in [1.807, 2.05) is 35.2 Å². The molecular weight excluding hydrogens is 450 g/mol. The molecule has 0 radical (unpaired) electrons. The molecule has 3 aromatic rings. The predicted molar refractivity (Wildman–Crippen MR) is 133 cm³/mol. The lowest BCUT2D eigenvalue weighted by molar-refractivity contribution is -0.137. The Morgan fingerprint density at radius 3 is 2.53 bits per heavy atom. The predicted octanol–water partition coefficient (Wildman–Crippen LogP) is 4.26. The van der Waals surface area contributed by atoms with Gasteiger partial charge in [-0.3, -0.25) is 9.69 Å². The Bertz CT molecular complexity index is 1130. The molecule has 0 unspecified atom stereocenters. The number of aryl methyl sites for hydroxylation is 1. The summed E-state index contributed by atoms with van der Waals surface area (Å²) >= 11 is 6.13. The van der Waals surface area contributed by atoms with Crippen molar-refractivity contribution >= 4 is 23.2 Å². The molecule has 2 aliphatic rings. The third kappa shape index (κ3) is 5.26. The highest BCUT2D eigenvalue weighted by atomic mass is 35.5. The number of hydrogen-bond donors (Lipinski definition) is 0. The molecule has 5 rings (SSSR count). The van der Waals surface area contributed by atoms with E-state index in [4.69, 9.17) is 16.1 Å². The van der Waals surface area contributed by atoms with E-state index in [0.29, 0.717) is 24.2 Å². The van der Waals surface area contributed by atoms with Crippen molar-refractivity contribution < 1.29 is 9.32 Å². The summed E-state index contributed by atoms with van der Waals surface area (Å²) in [5.74, 6) is 1.64. The van der Waals surface area contributed by atoms with E-state index < -0.39 is 0 Å². The van der Waals surface area contributed by atoms with Crippen LogP contribution in [0, 0.1) is 12.8 Å². The van der Waals surface area contributed by atoms with Gasteiger partial charge in [0, 0.05) is 48.4 Å². The van der Waals surface area contributed by atoms with Gasteiger partial charge in [0.25, 0.3) is 0 Å². The molecule has 0 bridgehead atoms. The van der Waals surface area contributed by atoms with Gasteiger partial charge in [0.15, 0.2) is 0 Å². The Labute approximate surface area is 205 Å². The molecule has 0 N–H and O–H groups in total. The Balaban J connectivity index is 1.09. The van der Waals surface area contributed by atoms with Gasteiger partial charge in [0.2, 0.25) is 17.6 Å². The Morgan fingerprint density at radius 2 is 1.79 bits per heavy atom. The molecule has 0 aliphatic carbocycles. The quantitative estimate of drug-likeness (QED) is 0.544. The van der Waals surface area contributed by atoms with Crippen LogP contribution < -0.4 is 4.90 Å². The minimum atomic E-state index is 0.0968. The van der Waals surface area contributed by atoms with E-state index >= 15 is 0 Å². The fourth-order valence-corrected chi connectivity index (χ4v) is 5.05. The molecule has 178 valence electrons. The second-order valence-electron chi connectivity index (χ2n) is 9.22. The van der Waals surface area contributed by atoms with E-state index in [2.05, 4.69) is 45.1 Å². The van der Waals surface area contributed by atoms with Crippen LogP contribution in [0.4, 0.5) is 5.69 Å². The van der Waals surface area contributed by atoms with Crippen molar-refractivity contribution in [3.63, 3.8) is 0 Å². The molecule has 2 saturated heterocycles. The third-order valence-electron chi connectivity index (χ3n) is 6.80. The summed E-state index contributed by atoms with van der Waals surface area (Å²) < 4.78 is 5.49. The van der Waals surface area contributed by atoms with Crippen molar-refractivity contribution in [2.75, 3.05) is 44.2 Å². The summed E-state index contributed by atoms with van der Waals surface area (Å²) in [6, 6.07) is 16.0. The Hall–Kier alpha value is -2.90. The summed E-state index contributed by atoms with van der Waals surface area (Å²) in [7, 11) is 0. The highest BCUT2D eigenvalue weighted by Gasteiger charge is 2.31. The van der Waals surface area contributed by atoms with Gasteiger partial charge in [-0.05, 0) is 57.1 Å². The summed E-state index contributed by atoms with van der Waals surface area (Å²) in [5, 5.41) is 4.89. The molecule has 8 heteroatoms. The maximum absolute atomic E-state index is 13.1. The van der Waals surface area contributed by atoms with Crippen LogP contribution in [-0.2, 0) is 11.3 Å². The van der Waals surface area contributed by atoms with Crippen LogP contribution in [-0.4, -0.2) is 65.1 Å². The molecule has 1 aromatic heterocycles. The average molecular weight is 480 g/mol. The van der Waals surface area contributed by atoms with Gasteiger partial charge < -0.3 is 14.3 Å². The Kier molecular flexibility index (Phi) is 6.83. The van der Waals surface area contributed by atoms with Crippen LogP contribution in [0.5, 0.6) is 0 Å². The number of nitrogens with zero attached hydrogens (tertiary/aromatic N) is 5. The van der Waals surface area contributed by atoms with E-state index in [-0.39, 0.29) is 5.92 Å². The van der Waals surface area contributed by atoms with Crippen molar-refractivity contribution in [2.45, 2.75) is 26.3 Å². The number of aromatic nitrogens is 2. The normalized spacial score (nSPS) is 17.8. The highest BCUT2D eigenvalue weighted by molar-refractivity contribution is 6.30. The molecule has 2 aliphatic heterocycles. The van der Waals surface area contributed by atoms with Crippen molar-refractivity contribution in [2.24, 2.45) is 5.92 Å². The van der Waals surface area contributed by atoms with Gasteiger partial charge in [-0.1, -0.05) is 46.6 Å². The first-order chi connectivity index (χ1) is 16.5. The summed E-state index contributed by atoms with van der Waals surface area (Å²) in [5.41, 5.74) is 3.26. The molecule has 7 nitrogen and oxygen atoms in total. The van der Waals surface area contributed by atoms with Crippen molar-refractivity contribution in [1.29, 1.82) is 0 Å². The number of anilines is 1. The lowest BCUT2D eigenvalue weighted by Gasteiger charge is -2.39. The average Bonchev–Trinajstić information content (AvgIpc) is 3.33. The number of amides is 1. The summed E-state index contributed by atoms with van der Waals surface area (Å²) in [6.45, 7) is 7.59. The fraction of sp³-hybridized carbons (Fsp3) is 0.423. The first-order valence-corrected chi connectivity index (χ1v) is 12.3. The van der Waals surface area contributed by atoms with Crippen LogP contribution in [0.3, 0.4) is 0 Å². The molecule has 2 aromatic carbocycles. The molecule has 2 fully saturated rings. The van der Waals surface area contributed by atoms with Crippen molar-refractivity contribution in [3.8, 4) is 11.4 Å². The van der Waals surface area contributed by atoms with Gasteiger partial charge in [-0.2, -0.15) is 4.98 Å². The highest BCUT2D eigenvalue weighted by Crippen LogP contribution is 2.25. The summed E-state index contributed by atoms with van der Waals surface area (Å²) in [6.07, 6.45) is 1.73. The van der Waals surface area contributed by atoms with Crippen LogP contribution in [0.15, 0.2) is 53.1 Å². The van der Waals surface area contributed by atoms with E-state index in [1.165, 1.54) is 5.56 Å². The van der Waals surface area contributed by atoms with Crippen LogP contribution in [0.1, 0.15) is 24.3 Å². The van der Waals surface area contributed by atoms with Gasteiger partial charge in [0.1, 0.15) is 0 Å². The van der Waals surface area contributed by atoms with Gasteiger partial charge >= 0.3 is 0 Å². The number of benzene rings is 2. The number of piperidine rings is 1. The number of carbonyl (C=O) groups is 1. The van der Waals surface area contributed by atoms with E-state index in [0.717, 1.165) is 68.4 Å². The van der Waals surface area contributed by atoms with Crippen molar-refractivity contribution in [3.05, 3.63) is 65.0 Å². The largest absolute Gasteiger partial charge is 0.368 e. The number of piperazine rings is 1. The van der Waals surface area contributed by atoms with Crippen LogP contribution >= 0.6 is 11.6 Å². The third-order valence-corrected chi connectivity index (χ3v) is 7.04. The SMILES string of the molecule is Cc1cccc(-c2noc(CN3CCC(C(=O)N4CCN(c5cccc(Cl)c5)CC4)CC3)n2)c1. The minimum absolute atomic E-state index is 0.0968. The Morgan fingerprint density at radius 1 is 1.03 bits per heavy atom. The molecule has 0 spiro atoms. The standard InChI is InChI=1S/C26H30ClN5O2/c1-19-4-2-5-21(16-19)25-28-24(34-29-25)18-30-10-8-20(9-11-30)26(33)32-14-12-31(13-15-32)23-7-3-6-22(27)17-23/h2-7,16-17,20H,8-15,18H2,1H3. The summed E-state index contributed by atoms with van der Waals surface area (Å²) in [4.78, 5) is 24.3. The number of carbonyl (C=O) groups excluding carboxylic acids is 1. The smallest absolute Gasteiger partial charge is 0.241 e. The number of hydrogen-bond acceptors (Lipinski definition) is 6. The first-order valence-electron chi connectivity index (χ1n) is 12.0. The maximum atomic E-state index is 13.1. The first kappa shape index (κ1) is 22.9. The number of halogens is 1. The second kappa shape index (κ2) is 10.2.